The third-order valence-electron chi connectivity index (χ3n) is 1.94. The number of nitrogens with zero attached hydrogens (tertiary/aromatic N) is 2. The minimum absolute atomic E-state index is 0.0858. The molecule has 0 aliphatic rings. The second-order valence-electron chi connectivity index (χ2n) is 3.31. The predicted octanol–water partition coefficient (Wildman–Crippen LogP) is 0.982. The van der Waals surface area contributed by atoms with Gasteiger partial charge in [0.1, 0.15) is 0 Å². The molecule has 1 heterocycles. The zero-order valence-electron chi connectivity index (χ0n) is 9.07. The third-order valence-corrected chi connectivity index (χ3v) is 1.94. The molecule has 2 N–H and O–H groups in total. The summed E-state index contributed by atoms with van der Waals surface area (Å²) in [6.07, 6.45) is 5.51. The van der Waals surface area contributed by atoms with Gasteiger partial charge in [-0.1, -0.05) is 6.92 Å². The van der Waals surface area contributed by atoms with Crippen LogP contribution in [-0.2, 0) is 6.54 Å². The van der Waals surface area contributed by atoms with Crippen LogP contribution in [-0.4, -0.2) is 28.9 Å². The Labute approximate surface area is 89.9 Å². The third kappa shape index (κ3) is 5.05. The SMILES string of the molecule is CCCNC(=O)NCCCn1cccn1. The van der Waals surface area contributed by atoms with E-state index in [0.717, 1.165) is 25.9 Å². The molecular weight excluding hydrogens is 192 g/mol. The van der Waals surface area contributed by atoms with E-state index in [-0.39, 0.29) is 6.03 Å². The number of nitrogens with one attached hydrogen (secondary N) is 2. The lowest BCUT2D eigenvalue weighted by Gasteiger charge is -2.06. The van der Waals surface area contributed by atoms with Crippen molar-refractivity contribution in [2.45, 2.75) is 26.3 Å². The van der Waals surface area contributed by atoms with E-state index in [1.165, 1.54) is 0 Å². The summed E-state index contributed by atoms with van der Waals surface area (Å²) >= 11 is 0. The smallest absolute Gasteiger partial charge is 0.314 e. The van der Waals surface area contributed by atoms with Gasteiger partial charge >= 0.3 is 6.03 Å². The van der Waals surface area contributed by atoms with E-state index in [0.29, 0.717) is 6.54 Å². The summed E-state index contributed by atoms with van der Waals surface area (Å²) in [5.41, 5.74) is 0. The van der Waals surface area contributed by atoms with Gasteiger partial charge in [0.25, 0.3) is 0 Å². The van der Waals surface area contributed by atoms with Gasteiger partial charge in [0, 0.05) is 32.0 Å². The molecule has 0 aliphatic carbocycles. The number of urea groups is 1. The van der Waals surface area contributed by atoms with Gasteiger partial charge in [-0.25, -0.2) is 4.79 Å². The Morgan fingerprint density at radius 2 is 2.20 bits per heavy atom. The van der Waals surface area contributed by atoms with Crippen molar-refractivity contribution in [3.8, 4) is 0 Å². The number of amides is 2. The van der Waals surface area contributed by atoms with Crippen LogP contribution in [0.5, 0.6) is 0 Å². The molecule has 0 fully saturated rings. The second-order valence-corrected chi connectivity index (χ2v) is 3.31. The highest BCUT2D eigenvalue weighted by Gasteiger charge is 1.97. The van der Waals surface area contributed by atoms with Crippen molar-refractivity contribution in [3.63, 3.8) is 0 Å². The van der Waals surface area contributed by atoms with E-state index in [1.54, 1.807) is 6.20 Å². The zero-order chi connectivity index (χ0) is 10.9. The van der Waals surface area contributed by atoms with Crippen LogP contribution in [0.4, 0.5) is 4.79 Å². The van der Waals surface area contributed by atoms with E-state index in [9.17, 15) is 4.79 Å². The first-order chi connectivity index (χ1) is 7.33. The number of aromatic nitrogens is 2. The van der Waals surface area contributed by atoms with Crippen LogP contribution in [0.25, 0.3) is 0 Å². The number of aryl methyl sites for hydroxylation is 1. The van der Waals surface area contributed by atoms with Crippen molar-refractivity contribution < 1.29 is 4.79 Å². The quantitative estimate of drug-likeness (QED) is 0.688. The lowest BCUT2D eigenvalue weighted by Crippen LogP contribution is -2.36. The molecule has 15 heavy (non-hydrogen) atoms. The normalized spacial score (nSPS) is 9.93. The summed E-state index contributed by atoms with van der Waals surface area (Å²) in [5.74, 6) is 0. The summed E-state index contributed by atoms with van der Waals surface area (Å²) in [4.78, 5) is 11.1. The monoisotopic (exact) mass is 210 g/mol. The molecule has 0 atom stereocenters. The highest BCUT2D eigenvalue weighted by molar-refractivity contribution is 5.73. The molecule has 0 unspecified atom stereocenters. The van der Waals surface area contributed by atoms with Gasteiger partial charge < -0.3 is 10.6 Å². The van der Waals surface area contributed by atoms with Crippen molar-refractivity contribution in [1.82, 2.24) is 20.4 Å². The molecule has 0 spiro atoms. The molecule has 1 rings (SSSR count). The molecule has 1 aromatic heterocycles. The lowest BCUT2D eigenvalue weighted by molar-refractivity contribution is 0.240. The maximum Gasteiger partial charge on any atom is 0.314 e. The summed E-state index contributed by atoms with van der Waals surface area (Å²) in [6.45, 7) is 4.26. The highest BCUT2D eigenvalue weighted by atomic mass is 16.2. The van der Waals surface area contributed by atoms with Gasteiger partial charge in [-0.05, 0) is 18.9 Å². The van der Waals surface area contributed by atoms with Gasteiger partial charge in [0.05, 0.1) is 0 Å². The molecule has 0 saturated heterocycles. The molecule has 84 valence electrons. The average molecular weight is 210 g/mol. The van der Waals surface area contributed by atoms with Gasteiger partial charge in [-0.15, -0.1) is 0 Å². The second kappa shape index (κ2) is 6.86. The van der Waals surface area contributed by atoms with Crippen LogP contribution in [0.1, 0.15) is 19.8 Å². The first kappa shape index (κ1) is 11.6. The highest BCUT2D eigenvalue weighted by Crippen LogP contribution is 1.87. The van der Waals surface area contributed by atoms with Crippen molar-refractivity contribution >= 4 is 6.03 Å². The topological polar surface area (TPSA) is 59.0 Å². The molecule has 2 amide bonds. The van der Waals surface area contributed by atoms with Crippen molar-refractivity contribution in [3.05, 3.63) is 18.5 Å². The average Bonchev–Trinajstić information content (AvgIpc) is 2.74. The van der Waals surface area contributed by atoms with Gasteiger partial charge in [0.15, 0.2) is 0 Å². The number of rotatable bonds is 6. The van der Waals surface area contributed by atoms with Gasteiger partial charge in [0.2, 0.25) is 0 Å². The molecule has 1 aromatic rings. The number of carbonyl (C=O) groups excluding carboxylic acids is 1. The van der Waals surface area contributed by atoms with Crippen molar-refractivity contribution in [2.75, 3.05) is 13.1 Å². The van der Waals surface area contributed by atoms with Crippen LogP contribution in [0.15, 0.2) is 18.5 Å². The van der Waals surface area contributed by atoms with E-state index in [2.05, 4.69) is 15.7 Å². The molecular formula is C10H18N4O. The number of carbonyl (C=O) groups is 1. The molecule has 0 aromatic carbocycles. The Kier molecular flexibility index (Phi) is 5.29. The van der Waals surface area contributed by atoms with E-state index in [4.69, 9.17) is 0 Å². The molecule has 5 heteroatoms. The number of hydrogen-bond acceptors (Lipinski definition) is 2. The summed E-state index contributed by atoms with van der Waals surface area (Å²) in [5, 5.41) is 9.61. The molecule has 0 aliphatic heterocycles. The molecule has 0 saturated carbocycles. The van der Waals surface area contributed by atoms with E-state index in [1.807, 2.05) is 23.9 Å². The Morgan fingerprint density at radius 1 is 1.40 bits per heavy atom. The van der Waals surface area contributed by atoms with Crippen molar-refractivity contribution in [1.29, 1.82) is 0 Å². The Morgan fingerprint density at radius 3 is 2.87 bits per heavy atom. The maximum absolute atomic E-state index is 11.1. The van der Waals surface area contributed by atoms with Crippen LogP contribution >= 0.6 is 0 Å². The van der Waals surface area contributed by atoms with E-state index < -0.39 is 0 Å². The zero-order valence-corrected chi connectivity index (χ0v) is 9.07. The predicted molar refractivity (Wildman–Crippen MR) is 58.5 cm³/mol. The first-order valence-corrected chi connectivity index (χ1v) is 5.32. The van der Waals surface area contributed by atoms with E-state index >= 15 is 0 Å². The Bertz CT molecular complexity index is 271. The van der Waals surface area contributed by atoms with Crippen LogP contribution in [0.3, 0.4) is 0 Å². The Balaban J connectivity index is 1.99. The fraction of sp³-hybridized carbons (Fsp3) is 0.600. The first-order valence-electron chi connectivity index (χ1n) is 5.32. The van der Waals surface area contributed by atoms with Crippen LogP contribution in [0, 0.1) is 0 Å². The summed E-state index contributed by atoms with van der Waals surface area (Å²) in [7, 11) is 0. The molecule has 0 bridgehead atoms. The van der Waals surface area contributed by atoms with Crippen LogP contribution in [0.2, 0.25) is 0 Å². The largest absolute Gasteiger partial charge is 0.338 e. The lowest BCUT2D eigenvalue weighted by atomic mass is 10.4. The minimum Gasteiger partial charge on any atom is -0.338 e. The summed E-state index contributed by atoms with van der Waals surface area (Å²) in [6, 6.07) is 1.80. The Hall–Kier alpha value is -1.52. The standard InChI is InChI=1S/C10H18N4O/c1-2-5-11-10(15)12-6-3-8-14-9-4-7-13-14/h4,7,9H,2-3,5-6,8H2,1H3,(H2,11,12,15). The van der Waals surface area contributed by atoms with Gasteiger partial charge in [-0.2, -0.15) is 5.10 Å². The van der Waals surface area contributed by atoms with Crippen molar-refractivity contribution in [2.24, 2.45) is 0 Å². The minimum atomic E-state index is -0.0858. The fourth-order valence-corrected chi connectivity index (χ4v) is 1.18. The number of hydrogen-bond donors (Lipinski definition) is 2. The maximum atomic E-state index is 11.1. The molecule has 0 radical (unpaired) electrons. The van der Waals surface area contributed by atoms with Gasteiger partial charge in [-0.3, -0.25) is 4.68 Å². The summed E-state index contributed by atoms with van der Waals surface area (Å²) < 4.78 is 1.85. The molecule has 5 nitrogen and oxygen atoms in total. The fourth-order valence-electron chi connectivity index (χ4n) is 1.18. The van der Waals surface area contributed by atoms with Crippen LogP contribution < -0.4 is 10.6 Å².